The van der Waals surface area contributed by atoms with Crippen LogP contribution in [0.1, 0.15) is 36.8 Å². The summed E-state index contributed by atoms with van der Waals surface area (Å²) < 4.78 is 49.9. The molecule has 1 aromatic carbocycles. The molecule has 2 fully saturated rings. The van der Waals surface area contributed by atoms with E-state index in [-0.39, 0.29) is 11.9 Å². The molecule has 0 radical (unpaired) electrons. The molecule has 0 aliphatic carbocycles. The van der Waals surface area contributed by atoms with Crippen LogP contribution in [-0.2, 0) is 25.9 Å². The molecule has 138 valence electrons. The van der Waals surface area contributed by atoms with E-state index in [1.807, 2.05) is 0 Å². The molecule has 3 rings (SSSR count). The van der Waals surface area contributed by atoms with Gasteiger partial charge in [-0.1, -0.05) is 18.2 Å². The normalized spacial score (nSPS) is 21.7. The quantitative estimate of drug-likeness (QED) is 0.905. The summed E-state index contributed by atoms with van der Waals surface area (Å²) in [6, 6.07) is 5.13. The Balaban J connectivity index is 1.89. The summed E-state index contributed by atoms with van der Waals surface area (Å²) in [5.74, 6) is -0.206. The molecule has 4 nitrogen and oxygen atoms in total. The minimum Gasteiger partial charge on any atom is -0.381 e. The molecular formula is C18H22F3NO3. The lowest BCUT2D eigenvalue weighted by Gasteiger charge is -2.38. The van der Waals surface area contributed by atoms with Crippen LogP contribution in [0.4, 0.5) is 13.2 Å². The second-order valence-corrected chi connectivity index (χ2v) is 6.63. The third-order valence-electron chi connectivity index (χ3n) is 5.08. The lowest BCUT2D eigenvalue weighted by molar-refractivity contribution is -0.138. The molecule has 0 aromatic heterocycles. The largest absolute Gasteiger partial charge is 0.416 e. The van der Waals surface area contributed by atoms with Crippen LogP contribution in [0.3, 0.4) is 0 Å². The van der Waals surface area contributed by atoms with Gasteiger partial charge in [-0.15, -0.1) is 0 Å². The zero-order valence-corrected chi connectivity index (χ0v) is 13.9. The zero-order chi connectivity index (χ0) is 17.9. The Bertz CT molecular complexity index is 606. The molecule has 0 atom stereocenters. The lowest BCUT2D eigenvalue weighted by Crippen LogP contribution is -2.52. The van der Waals surface area contributed by atoms with Crippen molar-refractivity contribution in [2.45, 2.75) is 43.3 Å². The van der Waals surface area contributed by atoms with E-state index in [1.165, 1.54) is 6.07 Å². The van der Waals surface area contributed by atoms with Gasteiger partial charge in [0.1, 0.15) is 0 Å². The number of rotatable bonds is 3. The fourth-order valence-corrected chi connectivity index (χ4v) is 3.53. The first-order valence-corrected chi connectivity index (χ1v) is 8.56. The first kappa shape index (κ1) is 18.2. The highest BCUT2D eigenvalue weighted by Crippen LogP contribution is 2.38. The molecule has 7 heteroatoms. The minimum absolute atomic E-state index is 0.00627. The van der Waals surface area contributed by atoms with Gasteiger partial charge in [0.15, 0.2) is 0 Å². The first-order chi connectivity index (χ1) is 11.9. The number of carbonyl (C=O) groups is 1. The van der Waals surface area contributed by atoms with Crippen LogP contribution in [0, 0.1) is 0 Å². The summed E-state index contributed by atoms with van der Waals surface area (Å²) in [5.41, 5.74) is -1.29. The van der Waals surface area contributed by atoms with E-state index in [2.05, 4.69) is 5.32 Å². The maximum Gasteiger partial charge on any atom is 0.416 e. The third-order valence-corrected chi connectivity index (χ3v) is 5.08. The SMILES string of the molecule is O=C(NC1CCOCC1)C1(c2cccc(C(F)(F)F)c2)CCOCC1. The summed E-state index contributed by atoms with van der Waals surface area (Å²) in [4.78, 5) is 13.1. The summed E-state index contributed by atoms with van der Waals surface area (Å²) in [5, 5.41) is 3.03. The Kier molecular flexibility index (Phi) is 5.34. The molecule has 2 saturated heterocycles. The molecule has 2 heterocycles. The van der Waals surface area contributed by atoms with Crippen LogP contribution in [0.15, 0.2) is 24.3 Å². The third kappa shape index (κ3) is 3.98. The van der Waals surface area contributed by atoms with Crippen molar-refractivity contribution in [3.63, 3.8) is 0 Å². The molecular weight excluding hydrogens is 335 g/mol. The standard InChI is InChI=1S/C18H22F3NO3/c19-18(20,21)14-3-1-2-13(12-14)17(6-10-25-11-7-17)16(23)22-15-4-8-24-9-5-15/h1-3,12,15H,4-11H2,(H,22,23). The number of carbonyl (C=O) groups excluding carboxylic acids is 1. The fourth-order valence-electron chi connectivity index (χ4n) is 3.53. The van der Waals surface area contributed by atoms with Crippen LogP contribution < -0.4 is 5.32 Å². The first-order valence-electron chi connectivity index (χ1n) is 8.56. The Morgan fingerprint density at radius 1 is 1.08 bits per heavy atom. The van der Waals surface area contributed by atoms with Crippen molar-refractivity contribution in [1.29, 1.82) is 0 Å². The molecule has 1 N–H and O–H groups in total. The monoisotopic (exact) mass is 357 g/mol. The van der Waals surface area contributed by atoms with Gasteiger partial charge in [-0.3, -0.25) is 4.79 Å². The van der Waals surface area contributed by atoms with Gasteiger partial charge in [-0.05, 0) is 37.3 Å². The van der Waals surface area contributed by atoms with Gasteiger partial charge in [-0.25, -0.2) is 0 Å². The molecule has 1 amide bonds. The number of nitrogens with one attached hydrogen (secondary N) is 1. The van der Waals surface area contributed by atoms with Crippen molar-refractivity contribution in [3.8, 4) is 0 Å². The van der Waals surface area contributed by atoms with Gasteiger partial charge in [0.2, 0.25) is 5.91 Å². The van der Waals surface area contributed by atoms with E-state index in [1.54, 1.807) is 6.07 Å². The Labute approximate surface area is 144 Å². The number of alkyl halides is 3. The molecule has 1 aromatic rings. The van der Waals surface area contributed by atoms with Gasteiger partial charge in [0.25, 0.3) is 0 Å². The van der Waals surface area contributed by atoms with E-state index in [0.29, 0.717) is 44.8 Å². The van der Waals surface area contributed by atoms with Gasteiger partial charge in [0, 0.05) is 32.5 Å². The van der Waals surface area contributed by atoms with Crippen molar-refractivity contribution >= 4 is 5.91 Å². The second-order valence-electron chi connectivity index (χ2n) is 6.63. The number of hydrogen-bond acceptors (Lipinski definition) is 3. The van der Waals surface area contributed by atoms with E-state index >= 15 is 0 Å². The molecule has 0 unspecified atom stereocenters. The average Bonchev–Trinajstić information content (AvgIpc) is 2.62. The van der Waals surface area contributed by atoms with Gasteiger partial charge < -0.3 is 14.8 Å². The van der Waals surface area contributed by atoms with E-state index in [4.69, 9.17) is 9.47 Å². The number of amides is 1. The van der Waals surface area contributed by atoms with E-state index in [0.717, 1.165) is 25.0 Å². The second kappa shape index (κ2) is 7.33. The van der Waals surface area contributed by atoms with Crippen LogP contribution in [0.5, 0.6) is 0 Å². The molecule has 0 spiro atoms. The van der Waals surface area contributed by atoms with Crippen molar-refractivity contribution in [2.24, 2.45) is 0 Å². The Hall–Kier alpha value is -1.60. The Morgan fingerprint density at radius 3 is 2.36 bits per heavy atom. The maximum atomic E-state index is 13.1. The average molecular weight is 357 g/mol. The smallest absolute Gasteiger partial charge is 0.381 e. The van der Waals surface area contributed by atoms with Crippen molar-refractivity contribution in [2.75, 3.05) is 26.4 Å². The van der Waals surface area contributed by atoms with Gasteiger partial charge >= 0.3 is 6.18 Å². The van der Waals surface area contributed by atoms with Crippen LogP contribution in [0.2, 0.25) is 0 Å². The maximum absolute atomic E-state index is 13.1. The highest BCUT2D eigenvalue weighted by Gasteiger charge is 2.43. The number of benzene rings is 1. The van der Waals surface area contributed by atoms with Crippen LogP contribution in [-0.4, -0.2) is 38.4 Å². The number of ether oxygens (including phenoxy) is 2. The predicted molar refractivity (Wildman–Crippen MR) is 85.2 cm³/mol. The Morgan fingerprint density at radius 2 is 1.72 bits per heavy atom. The molecule has 0 saturated carbocycles. The minimum atomic E-state index is -4.43. The van der Waals surface area contributed by atoms with Gasteiger partial charge in [-0.2, -0.15) is 13.2 Å². The molecule has 0 bridgehead atoms. The van der Waals surface area contributed by atoms with Crippen molar-refractivity contribution in [1.82, 2.24) is 5.32 Å². The topological polar surface area (TPSA) is 47.6 Å². The summed E-state index contributed by atoms with van der Waals surface area (Å²) in [6.45, 7) is 1.89. The van der Waals surface area contributed by atoms with E-state index in [9.17, 15) is 18.0 Å². The summed E-state index contributed by atoms with van der Waals surface area (Å²) >= 11 is 0. The van der Waals surface area contributed by atoms with Crippen LogP contribution >= 0.6 is 0 Å². The summed E-state index contributed by atoms with van der Waals surface area (Å²) in [6.07, 6.45) is -2.23. The van der Waals surface area contributed by atoms with Crippen molar-refractivity contribution in [3.05, 3.63) is 35.4 Å². The van der Waals surface area contributed by atoms with Gasteiger partial charge in [0.05, 0.1) is 11.0 Å². The summed E-state index contributed by atoms with van der Waals surface area (Å²) in [7, 11) is 0. The predicted octanol–water partition coefficient (Wildman–Crippen LogP) is 3.05. The van der Waals surface area contributed by atoms with E-state index < -0.39 is 17.2 Å². The van der Waals surface area contributed by atoms with Crippen molar-refractivity contribution < 1.29 is 27.4 Å². The molecule has 25 heavy (non-hydrogen) atoms. The number of halogens is 3. The fraction of sp³-hybridized carbons (Fsp3) is 0.611. The van der Waals surface area contributed by atoms with Crippen LogP contribution in [0.25, 0.3) is 0 Å². The number of hydrogen-bond donors (Lipinski definition) is 1. The lowest BCUT2D eigenvalue weighted by atomic mass is 9.72. The molecule has 2 aliphatic rings. The highest BCUT2D eigenvalue weighted by atomic mass is 19.4. The zero-order valence-electron chi connectivity index (χ0n) is 13.9. The molecule has 2 aliphatic heterocycles. The highest BCUT2D eigenvalue weighted by molar-refractivity contribution is 5.88.